The lowest BCUT2D eigenvalue weighted by Gasteiger charge is -2.38. The predicted molar refractivity (Wildman–Crippen MR) is 119 cm³/mol. The average Bonchev–Trinajstić information content (AvgIpc) is 3.30. The van der Waals surface area contributed by atoms with Crippen LogP contribution in [0.2, 0.25) is 5.15 Å². The zero-order valence-corrected chi connectivity index (χ0v) is 18.2. The van der Waals surface area contributed by atoms with Gasteiger partial charge in [0.2, 0.25) is 0 Å². The van der Waals surface area contributed by atoms with Gasteiger partial charge in [0, 0.05) is 37.8 Å². The van der Waals surface area contributed by atoms with E-state index in [1.165, 1.54) is 37.8 Å². The summed E-state index contributed by atoms with van der Waals surface area (Å²) in [6.45, 7) is 6.71. The molecule has 7 heteroatoms. The van der Waals surface area contributed by atoms with E-state index < -0.39 is 0 Å². The van der Waals surface area contributed by atoms with E-state index in [4.69, 9.17) is 21.1 Å². The van der Waals surface area contributed by atoms with Crippen LogP contribution in [0.3, 0.4) is 0 Å². The van der Waals surface area contributed by atoms with E-state index in [0.29, 0.717) is 5.15 Å². The van der Waals surface area contributed by atoms with Gasteiger partial charge in [0.25, 0.3) is 0 Å². The van der Waals surface area contributed by atoms with Crippen molar-refractivity contribution in [1.82, 2.24) is 14.9 Å². The molecule has 0 unspecified atom stereocenters. The van der Waals surface area contributed by atoms with E-state index in [1.807, 2.05) is 0 Å². The third-order valence-corrected chi connectivity index (χ3v) is 6.45. The van der Waals surface area contributed by atoms with Crippen molar-refractivity contribution in [2.45, 2.75) is 37.5 Å². The number of likely N-dealkylation sites (tertiary alicyclic amines) is 1. The van der Waals surface area contributed by atoms with Gasteiger partial charge < -0.3 is 19.7 Å². The van der Waals surface area contributed by atoms with E-state index in [2.05, 4.69) is 44.5 Å². The van der Waals surface area contributed by atoms with Gasteiger partial charge in [-0.25, -0.2) is 9.97 Å². The van der Waals surface area contributed by atoms with Crippen molar-refractivity contribution >= 4 is 17.4 Å². The Kier molecular flexibility index (Phi) is 7.42. The fourth-order valence-electron chi connectivity index (χ4n) is 4.41. The molecule has 0 radical (unpaired) electrons. The Balaban J connectivity index is 1.34. The van der Waals surface area contributed by atoms with Crippen molar-refractivity contribution in [3.63, 3.8) is 0 Å². The lowest BCUT2D eigenvalue weighted by Crippen LogP contribution is -2.40. The van der Waals surface area contributed by atoms with Gasteiger partial charge in [-0.3, -0.25) is 0 Å². The number of hydrogen-bond donors (Lipinski definition) is 1. The lowest BCUT2D eigenvalue weighted by molar-refractivity contribution is 0.0543. The number of halogens is 1. The number of anilines is 1. The second-order valence-corrected chi connectivity index (χ2v) is 8.63. The summed E-state index contributed by atoms with van der Waals surface area (Å²) in [5, 5.41) is 3.89. The molecule has 2 aliphatic rings. The minimum atomic E-state index is 0.00393. The highest BCUT2D eigenvalue weighted by atomic mass is 35.5. The van der Waals surface area contributed by atoms with Crippen molar-refractivity contribution in [2.24, 2.45) is 0 Å². The van der Waals surface area contributed by atoms with Crippen LogP contribution >= 0.6 is 11.6 Å². The fraction of sp³-hybridized carbons (Fsp3) is 0.565. The van der Waals surface area contributed by atoms with Crippen LogP contribution in [0.1, 0.15) is 37.7 Å². The van der Waals surface area contributed by atoms with Gasteiger partial charge in [-0.1, -0.05) is 23.7 Å². The van der Waals surface area contributed by atoms with Crippen molar-refractivity contribution in [1.29, 1.82) is 0 Å². The van der Waals surface area contributed by atoms with E-state index >= 15 is 0 Å². The van der Waals surface area contributed by atoms with Crippen LogP contribution < -0.4 is 10.1 Å². The fourth-order valence-corrected chi connectivity index (χ4v) is 4.56. The number of benzene rings is 1. The first-order chi connectivity index (χ1) is 14.7. The minimum Gasteiger partial charge on any atom is -0.494 e. The Morgan fingerprint density at radius 3 is 2.60 bits per heavy atom. The molecule has 4 rings (SSSR count). The summed E-state index contributed by atoms with van der Waals surface area (Å²) < 4.78 is 11.6. The zero-order valence-electron chi connectivity index (χ0n) is 17.5. The second-order valence-electron chi connectivity index (χ2n) is 8.25. The van der Waals surface area contributed by atoms with Crippen LogP contribution in [-0.2, 0) is 10.2 Å². The molecule has 0 atom stereocenters. The molecule has 0 aliphatic carbocycles. The average molecular weight is 431 g/mol. The summed E-state index contributed by atoms with van der Waals surface area (Å²) in [5.74, 6) is 1.69. The Morgan fingerprint density at radius 1 is 1.10 bits per heavy atom. The number of ether oxygens (including phenoxy) is 2. The molecule has 0 bridgehead atoms. The Labute approximate surface area is 184 Å². The summed E-state index contributed by atoms with van der Waals surface area (Å²) in [7, 11) is 0. The van der Waals surface area contributed by atoms with Gasteiger partial charge in [0.05, 0.1) is 6.61 Å². The number of hydrogen-bond acceptors (Lipinski definition) is 6. The molecule has 30 heavy (non-hydrogen) atoms. The largest absolute Gasteiger partial charge is 0.494 e. The standard InChI is InChI=1S/C23H31ClN4O2/c24-21-16-22(27-18-26-21)25-17-23(8-14-29-15-9-23)19-4-6-20(7-5-19)30-13-3-12-28-10-1-2-11-28/h4-7,16,18H,1-3,8-15,17H2,(H,25,26,27). The molecule has 162 valence electrons. The molecule has 0 spiro atoms. The van der Waals surface area contributed by atoms with E-state index in [0.717, 1.165) is 63.7 Å². The first-order valence-electron chi connectivity index (χ1n) is 11.0. The Bertz CT molecular complexity index is 790. The van der Waals surface area contributed by atoms with E-state index in [-0.39, 0.29) is 5.41 Å². The Hall–Kier alpha value is -1.89. The Morgan fingerprint density at radius 2 is 1.87 bits per heavy atom. The molecule has 0 amide bonds. The summed E-state index contributed by atoms with van der Waals surface area (Å²) >= 11 is 6.00. The number of aromatic nitrogens is 2. The zero-order chi connectivity index (χ0) is 20.7. The van der Waals surface area contributed by atoms with Crippen molar-refractivity contribution in [3.05, 3.63) is 47.4 Å². The van der Waals surface area contributed by atoms with Crippen LogP contribution in [-0.4, -0.2) is 60.9 Å². The highest BCUT2D eigenvalue weighted by molar-refractivity contribution is 6.29. The van der Waals surface area contributed by atoms with Crippen LogP contribution in [0.5, 0.6) is 5.75 Å². The van der Waals surface area contributed by atoms with E-state index in [1.54, 1.807) is 6.07 Å². The van der Waals surface area contributed by atoms with Gasteiger partial charge in [-0.05, 0) is 62.9 Å². The lowest BCUT2D eigenvalue weighted by atomic mass is 9.74. The maximum Gasteiger partial charge on any atom is 0.134 e. The van der Waals surface area contributed by atoms with Gasteiger partial charge in [-0.2, -0.15) is 0 Å². The molecule has 1 aromatic carbocycles. The van der Waals surface area contributed by atoms with Crippen LogP contribution in [0.25, 0.3) is 0 Å². The molecular formula is C23H31ClN4O2. The summed E-state index contributed by atoms with van der Waals surface area (Å²) in [6.07, 6.45) is 7.18. The monoisotopic (exact) mass is 430 g/mol. The van der Waals surface area contributed by atoms with Crippen molar-refractivity contribution < 1.29 is 9.47 Å². The number of rotatable bonds is 9. The highest BCUT2D eigenvalue weighted by Gasteiger charge is 2.34. The molecule has 2 saturated heterocycles. The molecule has 1 N–H and O–H groups in total. The maximum atomic E-state index is 6.00. The first-order valence-corrected chi connectivity index (χ1v) is 11.4. The molecule has 3 heterocycles. The molecular weight excluding hydrogens is 400 g/mol. The molecule has 0 saturated carbocycles. The third-order valence-electron chi connectivity index (χ3n) is 6.24. The van der Waals surface area contributed by atoms with Crippen LogP contribution in [0, 0.1) is 0 Å². The predicted octanol–water partition coefficient (Wildman–Crippen LogP) is 4.16. The first kappa shape index (κ1) is 21.3. The van der Waals surface area contributed by atoms with Gasteiger partial charge in [0.1, 0.15) is 23.0 Å². The smallest absolute Gasteiger partial charge is 0.134 e. The number of nitrogens with zero attached hydrogens (tertiary/aromatic N) is 3. The summed E-state index contributed by atoms with van der Waals surface area (Å²) in [5.41, 5.74) is 1.31. The normalized spacial score (nSPS) is 19.0. The van der Waals surface area contributed by atoms with Gasteiger partial charge in [0.15, 0.2) is 0 Å². The van der Waals surface area contributed by atoms with E-state index in [9.17, 15) is 0 Å². The topological polar surface area (TPSA) is 59.5 Å². The second kappa shape index (κ2) is 10.4. The summed E-state index contributed by atoms with van der Waals surface area (Å²) in [6, 6.07) is 10.4. The SMILES string of the molecule is Clc1cc(NCC2(c3ccc(OCCCN4CCCC4)cc3)CCOCC2)ncn1. The third kappa shape index (κ3) is 5.62. The van der Waals surface area contributed by atoms with Gasteiger partial charge in [-0.15, -0.1) is 0 Å². The molecule has 1 aromatic heterocycles. The quantitative estimate of drug-likeness (QED) is 0.476. The van der Waals surface area contributed by atoms with Crippen LogP contribution in [0.4, 0.5) is 5.82 Å². The van der Waals surface area contributed by atoms with Crippen molar-refractivity contribution in [3.8, 4) is 5.75 Å². The number of nitrogens with one attached hydrogen (secondary N) is 1. The highest BCUT2D eigenvalue weighted by Crippen LogP contribution is 2.36. The van der Waals surface area contributed by atoms with Crippen LogP contribution in [0.15, 0.2) is 36.7 Å². The molecule has 6 nitrogen and oxygen atoms in total. The molecule has 2 aromatic rings. The molecule has 2 aliphatic heterocycles. The molecule has 2 fully saturated rings. The van der Waals surface area contributed by atoms with Crippen molar-refractivity contribution in [2.75, 3.05) is 51.3 Å². The minimum absolute atomic E-state index is 0.00393. The van der Waals surface area contributed by atoms with Gasteiger partial charge >= 0.3 is 0 Å². The summed E-state index contributed by atoms with van der Waals surface area (Å²) in [4.78, 5) is 10.7. The maximum absolute atomic E-state index is 6.00.